The molecule has 0 fully saturated rings. The van der Waals surface area contributed by atoms with E-state index in [9.17, 15) is 9.59 Å². The number of nitrogens with zero attached hydrogens (tertiary/aromatic N) is 2. The fourth-order valence-corrected chi connectivity index (χ4v) is 3.22. The molecule has 0 bridgehead atoms. The van der Waals surface area contributed by atoms with Crippen molar-refractivity contribution in [3.05, 3.63) is 70.5 Å². The van der Waals surface area contributed by atoms with E-state index in [1.54, 1.807) is 24.3 Å². The first-order valence-corrected chi connectivity index (χ1v) is 11.0. The van der Waals surface area contributed by atoms with Crippen molar-refractivity contribution >= 4 is 5.91 Å². The third kappa shape index (κ3) is 6.35. The van der Waals surface area contributed by atoms with Crippen LogP contribution in [-0.2, 0) is 6.54 Å². The molecule has 8 heteroatoms. The summed E-state index contributed by atoms with van der Waals surface area (Å²) in [6, 6.07) is 15.7. The SMILES string of the molecule is CCOc1ccc(-c2ccc(=O)n(CCNC(=O)c3ccc(OCC)c(OCC)c3)n2)cc1. The number of hydrogen-bond donors (Lipinski definition) is 1. The largest absolute Gasteiger partial charge is 0.494 e. The van der Waals surface area contributed by atoms with Crippen LogP contribution in [0.1, 0.15) is 31.1 Å². The maximum atomic E-state index is 12.6. The number of benzene rings is 2. The highest BCUT2D eigenvalue weighted by Gasteiger charge is 2.12. The summed E-state index contributed by atoms with van der Waals surface area (Å²) in [7, 11) is 0. The Morgan fingerprint density at radius 1 is 0.879 bits per heavy atom. The van der Waals surface area contributed by atoms with Crippen molar-refractivity contribution < 1.29 is 19.0 Å². The monoisotopic (exact) mass is 451 g/mol. The van der Waals surface area contributed by atoms with E-state index in [2.05, 4.69) is 10.4 Å². The minimum atomic E-state index is -0.269. The Morgan fingerprint density at radius 3 is 2.27 bits per heavy atom. The molecule has 0 radical (unpaired) electrons. The molecule has 1 amide bonds. The van der Waals surface area contributed by atoms with Gasteiger partial charge >= 0.3 is 0 Å². The molecule has 3 aromatic rings. The van der Waals surface area contributed by atoms with Crippen molar-refractivity contribution in [3.63, 3.8) is 0 Å². The summed E-state index contributed by atoms with van der Waals surface area (Å²) in [6.45, 7) is 7.73. The van der Waals surface area contributed by atoms with Gasteiger partial charge in [-0.05, 0) is 69.3 Å². The highest BCUT2D eigenvalue weighted by atomic mass is 16.5. The van der Waals surface area contributed by atoms with Gasteiger partial charge in [0, 0.05) is 23.7 Å². The fourth-order valence-electron chi connectivity index (χ4n) is 3.22. The second kappa shape index (κ2) is 11.7. The van der Waals surface area contributed by atoms with Crippen molar-refractivity contribution in [1.82, 2.24) is 15.1 Å². The maximum absolute atomic E-state index is 12.6. The Morgan fingerprint density at radius 2 is 1.58 bits per heavy atom. The van der Waals surface area contributed by atoms with Crippen LogP contribution < -0.4 is 25.1 Å². The lowest BCUT2D eigenvalue weighted by Gasteiger charge is -2.13. The van der Waals surface area contributed by atoms with Crippen LogP contribution >= 0.6 is 0 Å². The van der Waals surface area contributed by atoms with Gasteiger partial charge in [-0.2, -0.15) is 5.10 Å². The third-order valence-electron chi connectivity index (χ3n) is 4.74. The van der Waals surface area contributed by atoms with E-state index in [1.165, 1.54) is 10.7 Å². The van der Waals surface area contributed by atoms with Gasteiger partial charge in [0.2, 0.25) is 0 Å². The van der Waals surface area contributed by atoms with Gasteiger partial charge in [0.25, 0.3) is 11.5 Å². The molecule has 33 heavy (non-hydrogen) atoms. The Kier molecular flexibility index (Phi) is 8.46. The molecule has 1 N–H and O–H groups in total. The van der Waals surface area contributed by atoms with Crippen molar-refractivity contribution in [3.8, 4) is 28.5 Å². The van der Waals surface area contributed by atoms with Crippen LogP contribution in [0, 0.1) is 0 Å². The molecule has 0 aliphatic heterocycles. The number of amides is 1. The van der Waals surface area contributed by atoms with Crippen molar-refractivity contribution in [1.29, 1.82) is 0 Å². The fraction of sp³-hybridized carbons (Fsp3) is 0.320. The van der Waals surface area contributed by atoms with Crippen LogP contribution in [0.4, 0.5) is 0 Å². The molecule has 1 heterocycles. The lowest BCUT2D eigenvalue weighted by Crippen LogP contribution is -2.32. The van der Waals surface area contributed by atoms with Gasteiger partial charge in [-0.3, -0.25) is 9.59 Å². The summed E-state index contributed by atoms with van der Waals surface area (Å²) in [6.07, 6.45) is 0. The lowest BCUT2D eigenvalue weighted by molar-refractivity contribution is 0.0951. The number of nitrogens with one attached hydrogen (secondary N) is 1. The highest BCUT2D eigenvalue weighted by Crippen LogP contribution is 2.28. The van der Waals surface area contributed by atoms with Crippen LogP contribution in [-0.4, -0.2) is 42.1 Å². The first kappa shape index (κ1) is 23.8. The Bertz CT molecular complexity index is 1130. The number of aromatic nitrogens is 2. The van der Waals surface area contributed by atoms with Crippen LogP contribution in [0.5, 0.6) is 17.2 Å². The van der Waals surface area contributed by atoms with E-state index in [4.69, 9.17) is 14.2 Å². The quantitative estimate of drug-likeness (QED) is 0.480. The topological polar surface area (TPSA) is 91.7 Å². The summed E-state index contributed by atoms with van der Waals surface area (Å²) in [5.41, 5.74) is 1.75. The molecule has 3 rings (SSSR count). The summed E-state index contributed by atoms with van der Waals surface area (Å²) < 4.78 is 17.9. The number of carbonyl (C=O) groups is 1. The molecule has 0 saturated heterocycles. The Balaban J connectivity index is 1.65. The summed E-state index contributed by atoms with van der Waals surface area (Å²) in [5, 5.41) is 7.26. The predicted molar refractivity (Wildman–Crippen MR) is 126 cm³/mol. The number of rotatable bonds is 11. The highest BCUT2D eigenvalue weighted by molar-refractivity contribution is 5.94. The van der Waals surface area contributed by atoms with Crippen LogP contribution in [0.15, 0.2) is 59.4 Å². The van der Waals surface area contributed by atoms with Gasteiger partial charge in [0.05, 0.1) is 32.1 Å². The van der Waals surface area contributed by atoms with Gasteiger partial charge in [0.15, 0.2) is 11.5 Å². The zero-order valence-electron chi connectivity index (χ0n) is 19.2. The van der Waals surface area contributed by atoms with Gasteiger partial charge in [-0.15, -0.1) is 0 Å². The molecule has 0 unspecified atom stereocenters. The second-order valence-electron chi connectivity index (χ2n) is 7.02. The molecule has 1 aromatic heterocycles. The van der Waals surface area contributed by atoms with E-state index in [1.807, 2.05) is 45.0 Å². The van der Waals surface area contributed by atoms with Crippen molar-refractivity contribution in [2.24, 2.45) is 0 Å². The Hall–Kier alpha value is -3.81. The first-order valence-electron chi connectivity index (χ1n) is 11.0. The lowest BCUT2D eigenvalue weighted by atomic mass is 10.1. The van der Waals surface area contributed by atoms with E-state index < -0.39 is 0 Å². The smallest absolute Gasteiger partial charge is 0.266 e. The van der Waals surface area contributed by atoms with Gasteiger partial charge in [-0.1, -0.05) is 0 Å². The van der Waals surface area contributed by atoms with Crippen LogP contribution in [0.25, 0.3) is 11.3 Å². The van der Waals surface area contributed by atoms with E-state index >= 15 is 0 Å². The number of ether oxygens (including phenoxy) is 3. The van der Waals surface area contributed by atoms with Gasteiger partial charge < -0.3 is 19.5 Å². The van der Waals surface area contributed by atoms with E-state index in [-0.39, 0.29) is 24.6 Å². The van der Waals surface area contributed by atoms with Gasteiger partial charge in [-0.25, -0.2) is 4.68 Å². The zero-order valence-corrected chi connectivity index (χ0v) is 19.2. The summed E-state index contributed by atoms with van der Waals surface area (Å²) in [4.78, 5) is 24.8. The molecule has 2 aromatic carbocycles. The molecule has 0 saturated carbocycles. The Labute approximate surface area is 193 Å². The predicted octanol–water partition coefficient (Wildman–Crippen LogP) is 3.54. The molecule has 0 atom stereocenters. The average Bonchev–Trinajstić information content (AvgIpc) is 2.82. The molecule has 8 nitrogen and oxygen atoms in total. The van der Waals surface area contributed by atoms with E-state index in [0.717, 1.165) is 11.3 Å². The second-order valence-corrected chi connectivity index (χ2v) is 7.02. The molecule has 174 valence electrons. The minimum absolute atomic E-state index is 0.237. The molecular formula is C25H29N3O5. The zero-order chi connectivity index (χ0) is 23.6. The summed E-state index contributed by atoms with van der Waals surface area (Å²) >= 11 is 0. The van der Waals surface area contributed by atoms with Crippen molar-refractivity contribution in [2.45, 2.75) is 27.3 Å². The van der Waals surface area contributed by atoms with Crippen LogP contribution in [0.2, 0.25) is 0 Å². The van der Waals surface area contributed by atoms with Crippen molar-refractivity contribution in [2.75, 3.05) is 26.4 Å². The molecule has 0 aliphatic rings. The molecule has 0 aliphatic carbocycles. The average molecular weight is 452 g/mol. The third-order valence-corrected chi connectivity index (χ3v) is 4.74. The number of carbonyl (C=O) groups excluding carboxylic acids is 1. The normalized spacial score (nSPS) is 10.5. The van der Waals surface area contributed by atoms with Gasteiger partial charge in [0.1, 0.15) is 5.75 Å². The first-order chi connectivity index (χ1) is 16.0. The molecular weight excluding hydrogens is 422 g/mol. The molecule has 0 spiro atoms. The standard InChI is InChI=1S/C25H29N3O5/c1-4-31-20-10-7-18(8-11-20)21-12-14-24(29)28(27-21)16-15-26-25(30)19-9-13-22(32-5-2)23(17-19)33-6-3/h7-14,17H,4-6,15-16H2,1-3H3,(H,26,30). The van der Waals surface area contributed by atoms with Crippen LogP contribution in [0.3, 0.4) is 0 Å². The summed E-state index contributed by atoms with van der Waals surface area (Å²) in [5.74, 6) is 1.62. The maximum Gasteiger partial charge on any atom is 0.266 e. The number of hydrogen-bond acceptors (Lipinski definition) is 6. The minimum Gasteiger partial charge on any atom is -0.494 e. The van der Waals surface area contributed by atoms with E-state index in [0.29, 0.717) is 42.6 Å².